The normalized spacial score (nSPS) is 10.8. The fraction of sp³-hybridized carbons (Fsp3) is 0.261. The minimum Gasteiger partial charge on any atom is -0.342 e. The van der Waals surface area contributed by atoms with Gasteiger partial charge in [-0.15, -0.1) is 0 Å². The number of carbonyl (C=O) groups is 1. The fourth-order valence-electron chi connectivity index (χ4n) is 3.32. The number of benzene rings is 2. The van der Waals surface area contributed by atoms with Crippen LogP contribution in [-0.2, 0) is 24.1 Å². The van der Waals surface area contributed by atoms with Gasteiger partial charge in [-0.2, -0.15) is 10.1 Å². The molecule has 0 atom stereocenters. The van der Waals surface area contributed by atoms with Crippen LogP contribution in [-0.4, -0.2) is 49.2 Å². The lowest BCUT2D eigenvalue weighted by Crippen LogP contribution is -2.35. The Labute approximate surface area is 180 Å². The number of aromatic nitrogens is 5. The van der Waals surface area contributed by atoms with Crippen LogP contribution < -0.4 is 0 Å². The largest absolute Gasteiger partial charge is 0.342 e. The predicted molar refractivity (Wildman–Crippen MR) is 115 cm³/mol. The van der Waals surface area contributed by atoms with Gasteiger partial charge in [-0.3, -0.25) is 9.89 Å². The minimum absolute atomic E-state index is 0.0753. The summed E-state index contributed by atoms with van der Waals surface area (Å²) >= 11 is 0. The Morgan fingerprint density at radius 1 is 0.903 bits per heavy atom. The molecule has 0 fully saturated rings. The lowest BCUT2D eigenvalue weighted by molar-refractivity contribution is -0.131. The quantitative estimate of drug-likeness (QED) is 0.426. The van der Waals surface area contributed by atoms with Gasteiger partial charge in [0, 0.05) is 25.9 Å². The van der Waals surface area contributed by atoms with E-state index in [0.29, 0.717) is 43.5 Å². The van der Waals surface area contributed by atoms with E-state index < -0.39 is 0 Å². The van der Waals surface area contributed by atoms with E-state index in [4.69, 9.17) is 4.52 Å². The summed E-state index contributed by atoms with van der Waals surface area (Å²) in [6, 6.07) is 20.4. The summed E-state index contributed by atoms with van der Waals surface area (Å²) in [6.07, 6.45) is 3.70. The molecular weight excluding hydrogens is 392 g/mol. The SMILES string of the molecule is O=C(CCc1nc(-c2ncn[nH]2)no1)N(CCc1ccccc1)CCc1ccccc1. The van der Waals surface area contributed by atoms with Crippen LogP contribution in [0.4, 0.5) is 0 Å². The molecule has 8 heteroatoms. The highest BCUT2D eigenvalue weighted by molar-refractivity contribution is 5.76. The van der Waals surface area contributed by atoms with Crippen molar-refractivity contribution in [2.24, 2.45) is 0 Å². The van der Waals surface area contributed by atoms with Crippen molar-refractivity contribution in [3.63, 3.8) is 0 Å². The summed E-state index contributed by atoms with van der Waals surface area (Å²) in [6.45, 7) is 1.34. The van der Waals surface area contributed by atoms with Gasteiger partial charge < -0.3 is 9.42 Å². The summed E-state index contributed by atoms with van der Waals surface area (Å²) in [5, 5.41) is 10.4. The van der Waals surface area contributed by atoms with Crippen LogP contribution >= 0.6 is 0 Å². The Kier molecular flexibility index (Phi) is 6.79. The summed E-state index contributed by atoms with van der Waals surface area (Å²) < 4.78 is 5.26. The molecule has 0 aliphatic rings. The average molecular weight is 416 g/mol. The van der Waals surface area contributed by atoms with Crippen LogP contribution in [0.25, 0.3) is 11.6 Å². The lowest BCUT2D eigenvalue weighted by atomic mass is 10.1. The fourth-order valence-corrected chi connectivity index (χ4v) is 3.32. The van der Waals surface area contributed by atoms with Gasteiger partial charge in [0.25, 0.3) is 0 Å². The van der Waals surface area contributed by atoms with Gasteiger partial charge in [-0.1, -0.05) is 65.8 Å². The molecule has 0 saturated heterocycles. The van der Waals surface area contributed by atoms with Crippen molar-refractivity contribution in [2.75, 3.05) is 13.1 Å². The molecule has 2 heterocycles. The first-order valence-electron chi connectivity index (χ1n) is 10.3. The van der Waals surface area contributed by atoms with Gasteiger partial charge >= 0.3 is 0 Å². The summed E-state index contributed by atoms with van der Waals surface area (Å²) in [4.78, 5) is 23.2. The molecule has 4 aromatic rings. The second-order valence-electron chi connectivity index (χ2n) is 7.20. The van der Waals surface area contributed by atoms with E-state index >= 15 is 0 Å². The van der Waals surface area contributed by atoms with Crippen LogP contribution in [0.15, 0.2) is 71.5 Å². The second-order valence-corrected chi connectivity index (χ2v) is 7.20. The van der Waals surface area contributed by atoms with Crippen molar-refractivity contribution in [3.8, 4) is 11.6 Å². The van der Waals surface area contributed by atoms with Gasteiger partial charge in [0.1, 0.15) is 6.33 Å². The van der Waals surface area contributed by atoms with Gasteiger partial charge in [0.05, 0.1) is 0 Å². The molecule has 1 N–H and O–H groups in total. The molecule has 0 spiro atoms. The number of rotatable bonds is 10. The third-order valence-corrected chi connectivity index (χ3v) is 5.03. The highest BCUT2D eigenvalue weighted by Crippen LogP contribution is 2.12. The van der Waals surface area contributed by atoms with E-state index in [1.807, 2.05) is 41.3 Å². The molecule has 2 aromatic heterocycles. The van der Waals surface area contributed by atoms with Gasteiger partial charge in [0.2, 0.25) is 17.6 Å². The predicted octanol–water partition coefficient (Wildman–Crippen LogP) is 3.10. The third-order valence-electron chi connectivity index (χ3n) is 5.03. The smallest absolute Gasteiger partial charge is 0.239 e. The first-order valence-corrected chi connectivity index (χ1v) is 10.3. The van der Waals surface area contributed by atoms with Crippen molar-refractivity contribution < 1.29 is 9.32 Å². The number of amides is 1. The van der Waals surface area contributed by atoms with Crippen molar-refractivity contribution in [1.29, 1.82) is 0 Å². The second kappa shape index (κ2) is 10.3. The molecule has 0 aliphatic carbocycles. The molecule has 8 nitrogen and oxygen atoms in total. The van der Waals surface area contributed by atoms with Crippen LogP contribution in [0.3, 0.4) is 0 Å². The number of aromatic amines is 1. The van der Waals surface area contributed by atoms with Crippen LogP contribution in [0.1, 0.15) is 23.4 Å². The van der Waals surface area contributed by atoms with E-state index in [9.17, 15) is 4.79 Å². The van der Waals surface area contributed by atoms with Gasteiger partial charge in [-0.05, 0) is 24.0 Å². The van der Waals surface area contributed by atoms with Crippen molar-refractivity contribution in [2.45, 2.75) is 25.7 Å². The topological polar surface area (TPSA) is 101 Å². The molecule has 0 saturated carbocycles. The number of hydrogen-bond donors (Lipinski definition) is 1. The molecule has 0 aliphatic heterocycles. The summed E-state index contributed by atoms with van der Waals surface area (Å²) in [5.41, 5.74) is 2.43. The van der Waals surface area contributed by atoms with Crippen molar-refractivity contribution in [1.82, 2.24) is 30.2 Å². The maximum Gasteiger partial charge on any atom is 0.239 e. The Morgan fingerprint density at radius 2 is 1.55 bits per heavy atom. The Morgan fingerprint density at radius 3 is 2.13 bits per heavy atom. The van der Waals surface area contributed by atoms with Crippen molar-refractivity contribution >= 4 is 5.91 Å². The number of carbonyl (C=O) groups excluding carboxylic acids is 1. The average Bonchev–Trinajstić information content (AvgIpc) is 3.51. The van der Waals surface area contributed by atoms with E-state index in [1.54, 1.807) is 0 Å². The minimum atomic E-state index is 0.0753. The highest BCUT2D eigenvalue weighted by Gasteiger charge is 2.17. The Bertz CT molecular complexity index is 1020. The number of aryl methyl sites for hydroxylation is 1. The Hall–Kier alpha value is -3.81. The molecule has 0 radical (unpaired) electrons. The van der Waals surface area contributed by atoms with Crippen LogP contribution in [0.2, 0.25) is 0 Å². The van der Waals surface area contributed by atoms with E-state index in [1.165, 1.54) is 17.5 Å². The zero-order valence-corrected chi connectivity index (χ0v) is 17.1. The maximum absolute atomic E-state index is 13.0. The molecule has 0 bridgehead atoms. The molecule has 2 aromatic carbocycles. The first-order chi connectivity index (χ1) is 15.3. The zero-order valence-electron chi connectivity index (χ0n) is 17.1. The summed E-state index contributed by atoms with van der Waals surface area (Å²) in [7, 11) is 0. The lowest BCUT2D eigenvalue weighted by Gasteiger charge is -2.23. The van der Waals surface area contributed by atoms with Gasteiger partial charge in [-0.25, -0.2) is 4.98 Å². The van der Waals surface area contributed by atoms with E-state index in [-0.39, 0.29) is 5.91 Å². The molecule has 158 valence electrons. The van der Waals surface area contributed by atoms with Crippen LogP contribution in [0, 0.1) is 0 Å². The molecule has 0 unspecified atom stereocenters. The molecule has 4 rings (SSSR count). The van der Waals surface area contributed by atoms with E-state index in [2.05, 4.69) is 49.6 Å². The van der Waals surface area contributed by atoms with Gasteiger partial charge in [0.15, 0.2) is 5.82 Å². The van der Waals surface area contributed by atoms with E-state index in [0.717, 1.165) is 12.8 Å². The summed E-state index contributed by atoms with van der Waals surface area (Å²) in [5.74, 6) is 1.26. The number of nitrogens with zero attached hydrogens (tertiary/aromatic N) is 5. The number of nitrogens with one attached hydrogen (secondary N) is 1. The first kappa shape index (κ1) is 20.5. The number of H-pyrrole nitrogens is 1. The zero-order chi connectivity index (χ0) is 21.3. The highest BCUT2D eigenvalue weighted by atomic mass is 16.5. The monoisotopic (exact) mass is 416 g/mol. The number of hydrogen-bond acceptors (Lipinski definition) is 6. The van der Waals surface area contributed by atoms with Crippen molar-refractivity contribution in [3.05, 3.63) is 84.0 Å². The standard InChI is InChI=1S/C23H24N6O2/c30-21(12-11-20-26-23(28-31-20)22-24-17-25-27-22)29(15-13-18-7-3-1-4-8-18)16-14-19-9-5-2-6-10-19/h1-10,17H,11-16H2,(H,24,25,27). The maximum atomic E-state index is 13.0. The molecule has 1 amide bonds. The molecular formula is C23H24N6O2. The Balaban J connectivity index is 1.36. The van der Waals surface area contributed by atoms with Crippen LogP contribution in [0.5, 0.6) is 0 Å². The molecule has 31 heavy (non-hydrogen) atoms. The third kappa shape index (κ3) is 5.85.